The number of carbonyl (C=O) groups is 1. The normalized spacial score (nSPS) is 18.6. The number of aromatic nitrogens is 3. The van der Waals surface area contributed by atoms with Crippen LogP contribution in [0.25, 0.3) is 16.2 Å². The van der Waals surface area contributed by atoms with Crippen molar-refractivity contribution in [3.63, 3.8) is 0 Å². The highest BCUT2D eigenvalue weighted by atomic mass is 79.9. The molecule has 8 nitrogen and oxygen atoms in total. The first-order chi connectivity index (χ1) is 18.2. The molecule has 0 bridgehead atoms. The van der Waals surface area contributed by atoms with Crippen LogP contribution in [0.3, 0.4) is 0 Å². The van der Waals surface area contributed by atoms with Gasteiger partial charge in [0, 0.05) is 52.0 Å². The van der Waals surface area contributed by atoms with Crippen molar-refractivity contribution < 1.29 is 17.6 Å². The standard InChI is InChI=1S/C26H19BrFN5O3S2/c1-29-22-14-18(7-8-21(22)27)24(34)33-11-12-38(35,36)26(28,16-33)25-32-15-19(37-25)13-17-5-2-3-6-20(17)23-30-9-4-10-31-23/h2-10,14-15H,11-13,16H2/t26-/m0/s1. The van der Waals surface area contributed by atoms with Crippen molar-refractivity contribution in [1.82, 2.24) is 19.9 Å². The number of carbonyl (C=O) groups excluding carboxylic acids is 1. The van der Waals surface area contributed by atoms with Crippen LogP contribution in [-0.2, 0) is 21.3 Å². The van der Waals surface area contributed by atoms with Crippen LogP contribution in [0.4, 0.5) is 10.1 Å². The van der Waals surface area contributed by atoms with E-state index in [1.54, 1.807) is 24.5 Å². The van der Waals surface area contributed by atoms with Crippen molar-refractivity contribution in [2.45, 2.75) is 11.4 Å². The summed E-state index contributed by atoms with van der Waals surface area (Å²) in [4.78, 5) is 31.1. The quantitative estimate of drug-likeness (QED) is 0.288. The monoisotopic (exact) mass is 611 g/mol. The van der Waals surface area contributed by atoms with Gasteiger partial charge in [0.2, 0.25) is 5.69 Å². The van der Waals surface area contributed by atoms with Crippen molar-refractivity contribution in [3.8, 4) is 11.4 Å². The SMILES string of the molecule is [C-]#[N+]c1cc(C(=O)N2CCS(=O)(=O)[C@](F)(c3ncc(Cc4ccccc4-c4ncccn4)s3)C2)ccc1Br. The molecule has 0 saturated carbocycles. The molecule has 1 fully saturated rings. The number of sulfone groups is 1. The molecule has 1 amide bonds. The zero-order valence-corrected chi connectivity index (χ0v) is 22.9. The molecule has 1 aliphatic rings. The Bertz CT molecular complexity index is 1670. The molecule has 4 aromatic rings. The summed E-state index contributed by atoms with van der Waals surface area (Å²) in [5, 5.41) is -3.06. The second kappa shape index (κ2) is 10.3. The van der Waals surface area contributed by atoms with Crippen LogP contribution in [0.5, 0.6) is 0 Å². The van der Waals surface area contributed by atoms with Gasteiger partial charge in [-0.25, -0.2) is 32.6 Å². The predicted molar refractivity (Wildman–Crippen MR) is 145 cm³/mol. The van der Waals surface area contributed by atoms with Crippen LogP contribution < -0.4 is 0 Å². The summed E-state index contributed by atoms with van der Waals surface area (Å²) in [7, 11) is -4.24. The van der Waals surface area contributed by atoms with Gasteiger partial charge in [-0.05, 0) is 17.7 Å². The van der Waals surface area contributed by atoms with E-state index >= 15 is 4.39 Å². The third-order valence-corrected chi connectivity index (χ3v) is 10.1. The highest BCUT2D eigenvalue weighted by molar-refractivity contribution is 9.10. The van der Waals surface area contributed by atoms with Crippen LogP contribution >= 0.6 is 27.3 Å². The molecule has 1 saturated heterocycles. The topological polar surface area (TPSA) is 97.5 Å². The van der Waals surface area contributed by atoms with Gasteiger partial charge in [0.25, 0.3) is 10.9 Å². The first-order valence-electron chi connectivity index (χ1n) is 11.4. The number of thiazole rings is 1. The number of rotatable bonds is 5. The van der Waals surface area contributed by atoms with Crippen molar-refractivity contribution in [1.29, 1.82) is 0 Å². The fourth-order valence-electron chi connectivity index (χ4n) is 4.18. The second-order valence-electron chi connectivity index (χ2n) is 8.59. The number of amides is 1. The molecule has 2 aromatic carbocycles. The predicted octanol–water partition coefficient (Wildman–Crippen LogP) is 5.20. The Morgan fingerprint density at radius 1 is 1.16 bits per heavy atom. The Labute approximate surface area is 231 Å². The van der Waals surface area contributed by atoms with Crippen molar-refractivity contribution in [3.05, 3.63) is 104 Å². The minimum Gasteiger partial charge on any atom is -0.333 e. The highest BCUT2D eigenvalue weighted by Crippen LogP contribution is 2.40. The molecule has 3 heterocycles. The molecule has 5 rings (SSSR count). The maximum atomic E-state index is 16.4. The number of nitrogens with zero attached hydrogens (tertiary/aromatic N) is 5. The fraction of sp³-hybridized carbons (Fsp3) is 0.192. The van der Waals surface area contributed by atoms with Crippen molar-refractivity contribution in [2.24, 2.45) is 0 Å². The summed E-state index contributed by atoms with van der Waals surface area (Å²) in [6, 6.07) is 13.7. The maximum Gasteiger partial charge on any atom is 0.278 e. The fourth-order valence-corrected chi connectivity index (χ4v) is 7.38. The molecule has 1 aliphatic heterocycles. The van der Waals surface area contributed by atoms with E-state index < -0.39 is 33.0 Å². The second-order valence-corrected chi connectivity index (χ2v) is 12.8. The average Bonchev–Trinajstić information content (AvgIpc) is 3.40. The van der Waals surface area contributed by atoms with Gasteiger partial charge < -0.3 is 4.90 Å². The minimum atomic E-state index is -4.24. The van der Waals surface area contributed by atoms with Crippen LogP contribution in [0.15, 0.2) is 71.6 Å². The molecule has 0 unspecified atom stereocenters. The van der Waals surface area contributed by atoms with E-state index in [2.05, 4.69) is 35.7 Å². The summed E-state index contributed by atoms with van der Waals surface area (Å²) in [6.07, 6.45) is 5.14. The summed E-state index contributed by atoms with van der Waals surface area (Å²) < 4.78 is 42.8. The molecule has 0 N–H and O–H groups in total. The van der Waals surface area contributed by atoms with Gasteiger partial charge in [0.15, 0.2) is 15.7 Å². The zero-order chi connectivity index (χ0) is 26.9. The highest BCUT2D eigenvalue weighted by Gasteiger charge is 2.53. The first-order valence-corrected chi connectivity index (χ1v) is 14.7. The molecule has 0 radical (unpaired) electrons. The van der Waals surface area contributed by atoms with E-state index in [1.165, 1.54) is 23.2 Å². The van der Waals surface area contributed by atoms with Gasteiger partial charge in [0.05, 0.1) is 18.9 Å². The van der Waals surface area contributed by atoms with Crippen LogP contribution in [0, 0.1) is 6.57 Å². The number of halogens is 2. The van der Waals surface area contributed by atoms with Crippen LogP contribution in [0.2, 0.25) is 0 Å². The average molecular weight is 613 g/mol. The van der Waals surface area contributed by atoms with Gasteiger partial charge in [-0.2, -0.15) is 0 Å². The number of hydrogen-bond acceptors (Lipinski definition) is 7. The van der Waals surface area contributed by atoms with Gasteiger partial charge in [-0.1, -0.05) is 52.3 Å². The van der Waals surface area contributed by atoms with Crippen molar-refractivity contribution in [2.75, 3.05) is 18.8 Å². The Morgan fingerprint density at radius 3 is 2.68 bits per heavy atom. The maximum absolute atomic E-state index is 16.4. The Hall–Kier alpha value is -3.53. The van der Waals surface area contributed by atoms with Gasteiger partial charge in [0.1, 0.15) is 5.01 Å². The third-order valence-electron chi connectivity index (χ3n) is 6.18. The van der Waals surface area contributed by atoms with E-state index in [0.717, 1.165) is 22.5 Å². The van der Waals surface area contributed by atoms with Crippen LogP contribution in [-0.4, -0.2) is 53.0 Å². The molecule has 2 aromatic heterocycles. The minimum absolute atomic E-state index is 0.154. The number of benzene rings is 2. The van der Waals surface area contributed by atoms with Crippen molar-refractivity contribution >= 4 is 48.7 Å². The molecule has 38 heavy (non-hydrogen) atoms. The summed E-state index contributed by atoms with van der Waals surface area (Å²) in [6.45, 7) is 6.42. The lowest BCUT2D eigenvalue weighted by molar-refractivity contribution is 0.0666. The molecule has 12 heteroatoms. The van der Waals surface area contributed by atoms with Gasteiger partial charge >= 0.3 is 0 Å². The lowest BCUT2D eigenvalue weighted by Gasteiger charge is -2.35. The molecular weight excluding hydrogens is 593 g/mol. The first kappa shape index (κ1) is 26.1. The number of alkyl halides is 1. The van der Waals surface area contributed by atoms with E-state index in [-0.39, 0.29) is 22.8 Å². The summed E-state index contributed by atoms with van der Waals surface area (Å²) in [5.74, 6) is -0.536. The molecule has 1 atom stereocenters. The van der Waals surface area contributed by atoms with Crippen LogP contribution in [0.1, 0.15) is 25.8 Å². The Morgan fingerprint density at radius 2 is 1.92 bits per heavy atom. The number of hydrogen-bond donors (Lipinski definition) is 0. The lowest BCUT2D eigenvalue weighted by Crippen LogP contribution is -2.53. The zero-order valence-electron chi connectivity index (χ0n) is 19.7. The summed E-state index contributed by atoms with van der Waals surface area (Å²) in [5.41, 5.74) is 2.11. The van der Waals surface area contributed by atoms with Gasteiger partial charge in [-0.15, -0.1) is 11.3 Å². The summed E-state index contributed by atoms with van der Waals surface area (Å²) >= 11 is 4.22. The molecule has 0 spiro atoms. The largest absolute Gasteiger partial charge is 0.333 e. The molecule has 0 aliphatic carbocycles. The van der Waals surface area contributed by atoms with E-state index in [4.69, 9.17) is 6.57 Å². The third kappa shape index (κ3) is 4.84. The molecule has 192 valence electrons. The Kier molecular flexibility index (Phi) is 7.09. The van der Waals surface area contributed by atoms with E-state index in [1.807, 2.05) is 24.3 Å². The smallest absolute Gasteiger partial charge is 0.278 e. The van der Waals surface area contributed by atoms with E-state index in [0.29, 0.717) is 21.6 Å². The van der Waals surface area contributed by atoms with Gasteiger partial charge in [-0.3, -0.25) is 4.79 Å². The lowest BCUT2D eigenvalue weighted by atomic mass is 10.0. The molecular formula is C26H19BrFN5O3S2. The van der Waals surface area contributed by atoms with E-state index in [9.17, 15) is 13.2 Å². The Balaban J connectivity index is 1.42.